The van der Waals surface area contributed by atoms with Crippen LogP contribution in [0.15, 0.2) is 23.9 Å². The first-order valence-electron chi connectivity index (χ1n) is 3.89. The Labute approximate surface area is 69.9 Å². The van der Waals surface area contributed by atoms with Crippen molar-refractivity contribution in [3.8, 4) is 0 Å². The van der Waals surface area contributed by atoms with Crippen molar-refractivity contribution < 1.29 is 9.90 Å². The molecule has 1 aliphatic heterocycles. The molecule has 2 aliphatic rings. The molecule has 0 aromatic heterocycles. The minimum absolute atomic E-state index is 0.0764. The Bertz CT molecular complexity index is 270. The van der Waals surface area contributed by atoms with Crippen molar-refractivity contribution in [1.82, 2.24) is 10.9 Å². The quantitative estimate of drug-likeness (QED) is 0.507. The summed E-state index contributed by atoms with van der Waals surface area (Å²) >= 11 is 0. The van der Waals surface area contributed by atoms with Gasteiger partial charge < -0.3 is 10.5 Å². The number of hydrogen-bond donors (Lipinski definition) is 3. The Morgan fingerprint density at radius 3 is 3.25 bits per heavy atom. The second-order valence-corrected chi connectivity index (χ2v) is 2.98. The van der Waals surface area contributed by atoms with Gasteiger partial charge in [0.25, 0.3) is 0 Å². The zero-order chi connectivity index (χ0) is 8.55. The summed E-state index contributed by atoms with van der Waals surface area (Å²) in [5.41, 5.74) is 6.84. The van der Waals surface area contributed by atoms with Crippen molar-refractivity contribution in [2.75, 3.05) is 6.54 Å². The van der Waals surface area contributed by atoms with Gasteiger partial charge in [-0.1, -0.05) is 12.2 Å². The summed E-state index contributed by atoms with van der Waals surface area (Å²) in [5.74, 6) is -1.06. The lowest BCUT2D eigenvalue weighted by molar-refractivity contribution is -0.141. The fourth-order valence-corrected chi connectivity index (χ4v) is 1.62. The summed E-state index contributed by atoms with van der Waals surface area (Å²) in [6.45, 7) is 0.688. The van der Waals surface area contributed by atoms with E-state index in [4.69, 9.17) is 5.11 Å². The number of fused-ring (bicyclic) bond motifs is 1. The Kier molecular flexibility index (Phi) is 1.62. The number of hydrogen-bond acceptors (Lipinski definition) is 3. The highest BCUT2D eigenvalue weighted by Crippen LogP contribution is 2.26. The van der Waals surface area contributed by atoms with Gasteiger partial charge in [-0.15, -0.1) is 0 Å². The molecular formula is C8H10N2O2. The third kappa shape index (κ3) is 1.00. The van der Waals surface area contributed by atoms with Gasteiger partial charge in [-0.3, -0.25) is 4.79 Å². The van der Waals surface area contributed by atoms with Gasteiger partial charge in [0.1, 0.15) is 0 Å². The molecule has 4 nitrogen and oxygen atoms in total. The molecule has 2 unspecified atom stereocenters. The molecule has 64 valence electrons. The highest BCUT2D eigenvalue weighted by molar-refractivity contribution is 5.74. The summed E-state index contributed by atoms with van der Waals surface area (Å²) in [4.78, 5) is 10.8. The van der Waals surface area contributed by atoms with E-state index in [0.29, 0.717) is 6.54 Å². The number of allylic oxidation sites excluding steroid dienone is 2. The number of carboxylic acids is 1. The van der Waals surface area contributed by atoms with E-state index in [0.717, 1.165) is 5.70 Å². The number of rotatable bonds is 1. The van der Waals surface area contributed by atoms with E-state index < -0.39 is 5.97 Å². The lowest BCUT2D eigenvalue weighted by atomic mass is 9.87. The maximum Gasteiger partial charge on any atom is 0.311 e. The van der Waals surface area contributed by atoms with E-state index >= 15 is 0 Å². The fourth-order valence-electron chi connectivity index (χ4n) is 1.62. The highest BCUT2D eigenvalue weighted by atomic mass is 16.4. The number of nitrogens with one attached hydrogen (secondary N) is 2. The smallest absolute Gasteiger partial charge is 0.311 e. The minimum atomic E-state index is -0.757. The molecule has 1 heterocycles. The molecule has 0 aromatic rings. The molecule has 12 heavy (non-hydrogen) atoms. The van der Waals surface area contributed by atoms with Gasteiger partial charge in [0.15, 0.2) is 0 Å². The first-order valence-corrected chi connectivity index (χ1v) is 3.89. The molecule has 3 N–H and O–H groups in total. The van der Waals surface area contributed by atoms with Crippen LogP contribution in [0.2, 0.25) is 0 Å². The molecule has 0 bridgehead atoms. The van der Waals surface area contributed by atoms with E-state index in [9.17, 15) is 4.79 Å². The van der Waals surface area contributed by atoms with E-state index in [-0.39, 0.29) is 11.8 Å². The third-order valence-electron chi connectivity index (χ3n) is 2.27. The van der Waals surface area contributed by atoms with Gasteiger partial charge >= 0.3 is 5.97 Å². The van der Waals surface area contributed by atoms with E-state index in [1.54, 1.807) is 12.2 Å². The molecule has 0 radical (unpaired) electrons. The maximum atomic E-state index is 10.8. The van der Waals surface area contributed by atoms with Crippen LogP contribution in [-0.4, -0.2) is 17.6 Å². The van der Waals surface area contributed by atoms with Crippen LogP contribution in [0.3, 0.4) is 0 Å². The first kappa shape index (κ1) is 7.36. The lowest BCUT2D eigenvalue weighted by Crippen LogP contribution is -2.25. The van der Waals surface area contributed by atoms with Crippen LogP contribution in [0, 0.1) is 11.8 Å². The first-order chi connectivity index (χ1) is 5.79. The standard InChI is InChI=1S/C8H10N2O2/c11-8(12)5-2-1-3-7-6(5)4-9-10-7/h1-3,5-6,9-10H,4H2,(H,11,12). The summed E-state index contributed by atoms with van der Waals surface area (Å²) in [5, 5.41) is 8.85. The van der Waals surface area contributed by atoms with E-state index in [1.165, 1.54) is 0 Å². The van der Waals surface area contributed by atoms with Crippen LogP contribution in [0.5, 0.6) is 0 Å². The van der Waals surface area contributed by atoms with Gasteiger partial charge in [0.2, 0.25) is 0 Å². The molecule has 0 aromatic carbocycles. The summed E-state index contributed by atoms with van der Waals surface area (Å²) < 4.78 is 0. The number of hydrazine groups is 1. The van der Waals surface area contributed by atoms with Crippen LogP contribution < -0.4 is 10.9 Å². The van der Waals surface area contributed by atoms with Gasteiger partial charge in [-0.25, -0.2) is 5.43 Å². The summed E-state index contributed by atoms with van der Waals surface area (Å²) in [6, 6.07) is 0. The summed E-state index contributed by atoms with van der Waals surface area (Å²) in [6.07, 6.45) is 5.42. The largest absolute Gasteiger partial charge is 0.481 e. The molecule has 2 atom stereocenters. The van der Waals surface area contributed by atoms with Gasteiger partial charge in [-0.2, -0.15) is 0 Å². The monoisotopic (exact) mass is 166 g/mol. The highest BCUT2D eigenvalue weighted by Gasteiger charge is 2.33. The fraction of sp³-hybridized carbons (Fsp3) is 0.375. The molecule has 1 fully saturated rings. The molecule has 2 rings (SSSR count). The molecular weight excluding hydrogens is 156 g/mol. The average molecular weight is 166 g/mol. The van der Waals surface area contributed by atoms with Crippen LogP contribution in [0.4, 0.5) is 0 Å². The number of aliphatic carboxylic acids is 1. The molecule has 0 saturated carbocycles. The van der Waals surface area contributed by atoms with Crippen molar-refractivity contribution in [2.24, 2.45) is 11.8 Å². The van der Waals surface area contributed by atoms with E-state index in [2.05, 4.69) is 10.9 Å². The van der Waals surface area contributed by atoms with Crippen LogP contribution in [-0.2, 0) is 4.79 Å². The minimum Gasteiger partial charge on any atom is -0.481 e. The van der Waals surface area contributed by atoms with Gasteiger partial charge in [0.05, 0.1) is 5.92 Å². The zero-order valence-electron chi connectivity index (χ0n) is 6.45. The third-order valence-corrected chi connectivity index (χ3v) is 2.27. The number of carboxylic acid groups (broad SMARTS) is 1. The normalized spacial score (nSPS) is 32.2. The van der Waals surface area contributed by atoms with Crippen molar-refractivity contribution in [2.45, 2.75) is 0 Å². The van der Waals surface area contributed by atoms with Crippen molar-refractivity contribution >= 4 is 5.97 Å². The van der Waals surface area contributed by atoms with Gasteiger partial charge in [0, 0.05) is 18.2 Å². The predicted molar refractivity (Wildman–Crippen MR) is 43.0 cm³/mol. The van der Waals surface area contributed by atoms with Gasteiger partial charge in [-0.05, 0) is 6.08 Å². The molecule has 4 heteroatoms. The Morgan fingerprint density at radius 2 is 2.50 bits per heavy atom. The second-order valence-electron chi connectivity index (χ2n) is 2.98. The van der Waals surface area contributed by atoms with Crippen LogP contribution in [0.1, 0.15) is 0 Å². The molecule has 1 saturated heterocycles. The predicted octanol–water partition coefficient (Wildman–Crippen LogP) is -0.135. The average Bonchev–Trinajstić information content (AvgIpc) is 2.49. The van der Waals surface area contributed by atoms with Crippen molar-refractivity contribution in [3.05, 3.63) is 23.9 Å². The Morgan fingerprint density at radius 1 is 1.67 bits per heavy atom. The molecule has 0 amide bonds. The lowest BCUT2D eigenvalue weighted by Gasteiger charge is -2.18. The maximum absolute atomic E-state index is 10.8. The second kappa shape index (κ2) is 2.64. The molecule has 1 aliphatic carbocycles. The SMILES string of the molecule is O=C(O)C1C=CC=C2NNCC21. The Balaban J connectivity index is 2.24. The van der Waals surface area contributed by atoms with Crippen molar-refractivity contribution in [1.29, 1.82) is 0 Å². The Hall–Kier alpha value is -1.29. The van der Waals surface area contributed by atoms with Crippen LogP contribution in [0.25, 0.3) is 0 Å². The summed E-state index contributed by atoms with van der Waals surface area (Å²) in [7, 11) is 0. The zero-order valence-corrected chi connectivity index (χ0v) is 6.45. The van der Waals surface area contributed by atoms with Crippen molar-refractivity contribution in [3.63, 3.8) is 0 Å². The van der Waals surface area contributed by atoms with E-state index in [1.807, 2.05) is 6.08 Å². The van der Waals surface area contributed by atoms with Crippen LogP contribution >= 0.6 is 0 Å². The molecule has 0 spiro atoms. The topological polar surface area (TPSA) is 61.4 Å². The number of carbonyl (C=O) groups is 1.